The van der Waals surface area contributed by atoms with Crippen LogP contribution in [0.3, 0.4) is 0 Å². The van der Waals surface area contributed by atoms with E-state index in [0.717, 1.165) is 25.3 Å². The van der Waals surface area contributed by atoms with Crippen molar-refractivity contribution in [3.05, 3.63) is 65.2 Å². The van der Waals surface area contributed by atoms with E-state index in [1.807, 2.05) is 18.2 Å². The van der Waals surface area contributed by atoms with Crippen LogP contribution in [0.1, 0.15) is 29.2 Å². The summed E-state index contributed by atoms with van der Waals surface area (Å²) in [5.41, 5.74) is 9.60. The molecule has 0 aliphatic carbocycles. The predicted molar refractivity (Wildman–Crippen MR) is 94.5 cm³/mol. The molecule has 1 fully saturated rings. The van der Waals surface area contributed by atoms with Crippen LogP contribution in [-0.4, -0.2) is 25.0 Å². The number of nitrogens with zero attached hydrogens (tertiary/aromatic N) is 1. The van der Waals surface area contributed by atoms with Crippen molar-refractivity contribution in [3.63, 3.8) is 0 Å². The van der Waals surface area contributed by atoms with E-state index in [1.165, 1.54) is 16.7 Å². The third kappa shape index (κ3) is 3.74. The summed E-state index contributed by atoms with van der Waals surface area (Å²) >= 11 is 0. The second-order valence-electron chi connectivity index (χ2n) is 6.59. The van der Waals surface area contributed by atoms with Gasteiger partial charge in [0.05, 0.1) is 0 Å². The SMILES string of the molecule is Cc1cc(C2CC(CN)CN2C)ccc1OCc1ccccc1. The van der Waals surface area contributed by atoms with Crippen LogP contribution in [-0.2, 0) is 6.61 Å². The molecule has 3 rings (SSSR count). The minimum absolute atomic E-state index is 0.477. The largest absolute Gasteiger partial charge is 0.489 e. The van der Waals surface area contributed by atoms with E-state index in [1.54, 1.807) is 0 Å². The van der Waals surface area contributed by atoms with Gasteiger partial charge in [0.15, 0.2) is 0 Å². The minimum atomic E-state index is 0.477. The lowest BCUT2D eigenvalue weighted by atomic mass is 9.98. The number of rotatable bonds is 5. The van der Waals surface area contributed by atoms with E-state index in [0.29, 0.717) is 18.6 Å². The van der Waals surface area contributed by atoms with Crippen LogP contribution in [0.15, 0.2) is 48.5 Å². The Balaban J connectivity index is 1.68. The summed E-state index contributed by atoms with van der Waals surface area (Å²) in [6.07, 6.45) is 1.15. The number of likely N-dealkylation sites (tertiary alicyclic amines) is 1. The van der Waals surface area contributed by atoms with Crippen molar-refractivity contribution in [1.29, 1.82) is 0 Å². The van der Waals surface area contributed by atoms with Gasteiger partial charge in [-0.05, 0) is 55.6 Å². The molecule has 0 bridgehead atoms. The minimum Gasteiger partial charge on any atom is -0.489 e. The molecule has 2 atom stereocenters. The maximum Gasteiger partial charge on any atom is 0.122 e. The average molecular weight is 310 g/mol. The van der Waals surface area contributed by atoms with Gasteiger partial charge in [0.25, 0.3) is 0 Å². The summed E-state index contributed by atoms with van der Waals surface area (Å²) < 4.78 is 5.98. The number of aryl methyl sites for hydroxylation is 1. The van der Waals surface area contributed by atoms with Crippen molar-refractivity contribution in [2.75, 3.05) is 20.1 Å². The molecule has 3 heteroatoms. The van der Waals surface area contributed by atoms with Crippen molar-refractivity contribution < 1.29 is 4.74 Å². The number of benzene rings is 2. The standard InChI is InChI=1S/C20H26N2O/c1-15-10-18(19-11-17(12-21)13-22(19)2)8-9-20(15)23-14-16-6-4-3-5-7-16/h3-10,17,19H,11-14,21H2,1-2H3. The summed E-state index contributed by atoms with van der Waals surface area (Å²) in [6.45, 7) is 4.60. The van der Waals surface area contributed by atoms with Gasteiger partial charge in [-0.1, -0.05) is 42.5 Å². The molecule has 1 aliphatic heterocycles. The van der Waals surface area contributed by atoms with E-state index in [2.05, 4.69) is 49.2 Å². The van der Waals surface area contributed by atoms with Crippen molar-refractivity contribution >= 4 is 0 Å². The van der Waals surface area contributed by atoms with Gasteiger partial charge in [-0.2, -0.15) is 0 Å². The Labute approximate surface area is 139 Å². The zero-order valence-corrected chi connectivity index (χ0v) is 14.0. The molecule has 122 valence electrons. The van der Waals surface area contributed by atoms with Gasteiger partial charge in [0.1, 0.15) is 12.4 Å². The van der Waals surface area contributed by atoms with Gasteiger partial charge in [0.2, 0.25) is 0 Å². The molecule has 2 N–H and O–H groups in total. The summed E-state index contributed by atoms with van der Waals surface area (Å²) in [7, 11) is 2.19. The third-order valence-corrected chi connectivity index (χ3v) is 4.79. The maximum absolute atomic E-state index is 5.98. The maximum atomic E-state index is 5.98. The molecule has 1 heterocycles. The highest BCUT2D eigenvalue weighted by Gasteiger charge is 2.29. The average Bonchev–Trinajstić information content (AvgIpc) is 2.96. The summed E-state index contributed by atoms with van der Waals surface area (Å²) in [5, 5.41) is 0. The molecule has 0 saturated carbocycles. The fourth-order valence-electron chi connectivity index (χ4n) is 3.44. The van der Waals surface area contributed by atoms with Crippen LogP contribution >= 0.6 is 0 Å². The van der Waals surface area contributed by atoms with Crippen molar-refractivity contribution in [2.24, 2.45) is 11.7 Å². The molecular weight excluding hydrogens is 284 g/mol. The Morgan fingerprint density at radius 3 is 2.61 bits per heavy atom. The molecule has 23 heavy (non-hydrogen) atoms. The molecule has 0 amide bonds. The normalized spacial score (nSPS) is 21.5. The van der Waals surface area contributed by atoms with Gasteiger partial charge in [0, 0.05) is 12.6 Å². The fourth-order valence-corrected chi connectivity index (χ4v) is 3.44. The topological polar surface area (TPSA) is 38.5 Å². The molecule has 0 spiro atoms. The Hall–Kier alpha value is -1.84. The summed E-state index contributed by atoms with van der Waals surface area (Å²) in [4.78, 5) is 2.41. The van der Waals surface area contributed by atoms with Crippen LogP contribution in [0.5, 0.6) is 5.75 Å². The first-order valence-corrected chi connectivity index (χ1v) is 8.35. The number of ether oxygens (including phenoxy) is 1. The van der Waals surface area contributed by atoms with Crippen LogP contribution in [0.4, 0.5) is 0 Å². The lowest BCUT2D eigenvalue weighted by Gasteiger charge is -2.21. The van der Waals surface area contributed by atoms with Gasteiger partial charge in [-0.3, -0.25) is 4.90 Å². The molecule has 0 aromatic heterocycles. The lowest BCUT2D eigenvalue weighted by Crippen LogP contribution is -2.20. The Kier molecular flexibility index (Phi) is 4.99. The molecule has 3 nitrogen and oxygen atoms in total. The lowest BCUT2D eigenvalue weighted by molar-refractivity contribution is 0.301. The van der Waals surface area contributed by atoms with Crippen molar-refractivity contribution in [3.8, 4) is 5.75 Å². The quantitative estimate of drug-likeness (QED) is 0.918. The number of hydrogen-bond acceptors (Lipinski definition) is 3. The smallest absolute Gasteiger partial charge is 0.122 e. The highest BCUT2D eigenvalue weighted by Crippen LogP contribution is 2.35. The predicted octanol–water partition coefficient (Wildman–Crippen LogP) is 3.53. The molecule has 2 unspecified atom stereocenters. The second kappa shape index (κ2) is 7.16. The zero-order chi connectivity index (χ0) is 16.2. The molecule has 0 radical (unpaired) electrons. The highest BCUT2D eigenvalue weighted by molar-refractivity contribution is 5.38. The van der Waals surface area contributed by atoms with Crippen LogP contribution in [0.25, 0.3) is 0 Å². The fraction of sp³-hybridized carbons (Fsp3) is 0.400. The number of hydrogen-bond donors (Lipinski definition) is 1. The Bertz CT molecular complexity index is 641. The summed E-state index contributed by atoms with van der Waals surface area (Å²) in [6, 6.07) is 17.3. The monoisotopic (exact) mass is 310 g/mol. The van der Waals surface area contributed by atoms with E-state index < -0.39 is 0 Å². The van der Waals surface area contributed by atoms with Crippen LogP contribution in [0.2, 0.25) is 0 Å². The third-order valence-electron chi connectivity index (χ3n) is 4.79. The Morgan fingerprint density at radius 2 is 1.96 bits per heavy atom. The van der Waals surface area contributed by atoms with E-state index in [4.69, 9.17) is 10.5 Å². The van der Waals surface area contributed by atoms with Crippen molar-refractivity contribution in [1.82, 2.24) is 4.90 Å². The zero-order valence-electron chi connectivity index (χ0n) is 14.0. The van der Waals surface area contributed by atoms with Gasteiger partial charge in [-0.15, -0.1) is 0 Å². The van der Waals surface area contributed by atoms with Gasteiger partial charge in [-0.25, -0.2) is 0 Å². The first kappa shape index (κ1) is 16.0. The molecule has 2 aromatic carbocycles. The highest BCUT2D eigenvalue weighted by atomic mass is 16.5. The van der Waals surface area contributed by atoms with Crippen LogP contribution < -0.4 is 10.5 Å². The molecule has 1 aliphatic rings. The first-order valence-electron chi connectivity index (χ1n) is 8.35. The van der Waals surface area contributed by atoms with E-state index >= 15 is 0 Å². The first-order chi connectivity index (χ1) is 11.2. The Morgan fingerprint density at radius 1 is 1.17 bits per heavy atom. The van der Waals surface area contributed by atoms with Gasteiger partial charge < -0.3 is 10.5 Å². The van der Waals surface area contributed by atoms with Gasteiger partial charge >= 0.3 is 0 Å². The van der Waals surface area contributed by atoms with Crippen molar-refractivity contribution in [2.45, 2.75) is 26.0 Å². The van der Waals surface area contributed by atoms with E-state index in [9.17, 15) is 0 Å². The summed E-state index contributed by atoms with van der Waals surface area (Å²) in [5.74, 6) is 1.58. The molecule has 2 aromatic rings. The number of nitrogens with two attached hydrogens (primary N) is 1. The van der Waals surface area contributed by atoms with E-state index in [-0.39, 0.29) is 0 Å². The molecular formula is C20H26N2O. The second-order valence-corrected chi connectivity index (χ2v) is 6.59. The van der Waals surface area contributed by atoms with Crippen LogP contribution in [0, 0.1) is 12.8 Å². The molecule has 1 saturated heterocycles.